The molecule has 0 saturated carbocycles. The number of amides is 2. The number of anilines is 1. The minimum atomic E-state index is -1.66. The van der Waals surface area contributed by atoms with E-state index in [1.54, 1.807) is 23.1 Å². The van der Waals surface area contributed by atoms with Crippen LogP contribution in [0.3, 0.4) is 0 Å². The fourth-order valence-corrected chi connectivity index (χ4v) is 3.63. The maximum Gasteiger partial charge on any atom is 0.350 e. The number of hydrazine groups is 1. The molecular formula is C14H17Cl4N3O2S. The number of hydrogen-bond donors (Lipinski definition) is 1. The molecular weight excluding hydrogens is 416 g/mol. The Hall–Kier alpha value is -0.240. The van der Waals surface area contributed by atoms with Crippen LogP contribution in [0.5, 0.6) is 5.75 Å². The SMILES string of the molecule is CCOc1ccc(N2C(=O)N(SC(Cl)(Cl)Cl)NC2C(C)C)cc1Cl. The van der Waals surface area contributed by atoms with Gasteiger partial charge < -0.3 is 4.74 Å². The van der Waals surface area contributed by atoms with Gasteiger partial charge in [-0.25, -0.2) is 4.79 Å². The van der Waals surface area contributed by atoms with Gasteiger partial charge >= 0.3 is 6.03 Å². The highest BCUT2D eigenvalue weighted by Crippen LogP contribution is 2.43. The van der Waals surface area contributed by atoms with Gasteiger partial charge in [0, 0.05) is 17.6 Å². The molecule has 1 aromatic carbocycles. The summed E-state index contributed by atoms with van der Waals surface area (Å²) in [6.07, 6.45) is -0.300. The van der Waals surface area contributed by atoms with Crippen LogP contribution in [0.15, 0.2) is 18.2 Å². The summed E-state index contributed by atoms with van der Waals surface area (Å²) in [5.74, 6) is 0.677. The summed E-state index contributed by atoms with van der Waals surface area (Å²) in [6, 6.07) is 4.85. The second-order valence-corrected chi connectivity index (χ2v) is 9.87. The first-order valence-corrected chi connectivity index (χ1v) is 9.50. The van der Waals surface area contributed by atoms with E-state index in [1.807, 2.05) is 20.8 Å². The fourth-order valence-electron chi connectivity index (χ4n) is 2.25. The largest absolute Gasteiger partial charge is 0.492 e. The predicted octanol–water partition coefficient (Wildman–Crippen LogP) is 5.44. The van der Waals surface area contributed by atoms with E-state index >= 15 is 0 Å². The Morgan fingerprint density at radius 3 is 2.54 bits per heavy atom. The van der Waals surface area contributed by atoms with Crippen molar-refractivity contribution in [3.8, 4) is 5.75 Å². The summed E-state index contributed by atoms with van der Waals surface area (Å²) in [7, 11) is 0. The van der Waals surface area contributed by atoms with Gasteiger partial charge in [-0.3, -0.25) is 4.90 Å². The number of alkyl halides is 3. The molecule has 2 rings (SSSR count). The van der Waals surface area contributed by atoms with E-state index in [0.29, 0.717) is 23.1 Å². The first kappa shape index (κ1) is 20.1. The number of carbonyl (C=O) groups is 1. The maximum atomic E-state index is 12.7. The topological polar surface area (TPSA) is 44.8 Å². The van der Waals surface area contributed by atoms with E-state index in [-0.39, 0.29) is 18.1 Å². The minimum absolute atomic E-state index is 0.111. The Bertz CT molecular complexity index is 612. The van der Waals surface area contributed by atoms with Crippen molar-refractivity contribution in [1.29, 1.82) is 0 Å². The maximum absolute atomic E-state index is 12.7. The second kappa shape index (κ2) is 7.98. The standard InChI is InChI=1S/C14H17Cl4N3O2S/c1-4-23-11-6-5-9(7-10(11)15)20-12(8(2)3)19-21(13(20)22)24-14(16,17)18/h5-8,12,19H,4H2,1-3H3. The van der Waals surface area contributed by atoms with Crippen molar-refractivity contribution in [2.24, 2.45) is 5.92 Å². The normalized spacial score (nSPS) is 18.7. The van der Waals surface area contributed by atoms with Crippen molar-refractivity contribution in [3.63, 3.8) is 0 Å². The zero-order chi connectivity index (χ0) is 18.1. The number of ether oxygens (including phenoxy) is 1. The van der Waals surface area contributed by atoms with Crippen LogP contribution in [-0.2, 0) is 0 Å². The summed E-state index contributed by atoms with van der Waals surface area (Å²) < 4.78 is 4.99. The van der Waals surface area contributed by atoms with Gasteiger partial charge in [0.1, 0.15) is 11.9 Å². The number of halogens is 4. The van der Waals surface area contributed by atoms with Crippen LogP contribution in [0.1, 0.15) is 20.8 Å². The van der Waals surface area contributed by atoms with Gasteiger partial charge in [0.25, 0.3) is 3.12 Å². The summed E-state index contributed by atoms with van der Waals surface area (Å²) in [4.78, 5) is 14.3. The summed E-state index contributed by atoms with van der Waals surface area (Å²) in [5, 5.41) is 0.428. The van der Waals surface area contributed by atoms with Crippen molar-refractivity contribution >= 4 is 70.1 Å². The molecule has 1 aliphatic rings. The molecule has 0 aliphatic carbocycles. The molecule has 1 aliphatic heterocycles. The molecule has 5 nitrogen and oxygen atoms in total. The lowest BCUT2D eigenvalue weighted by Gasteiger charge is -2.25. The molecule has 0 radical (unpaired) electrons. The lowest BCUT2D eigenvalue weighted by Crippen LogP contribution is -2.41. The van der Waals surface area contributed by atoms with Gasteiger partial charge in [0.2, 0.25) is 0 Å². The average molecular weight is 433 g/mol. The molecule has 0 aromatic heterocycles. The highest BCUT2D eigenvalue weighted by atomic mass is 35.6. The number of carbonyl (C=O) groups excluding carboxylic acids is 1. The van der Waals surface area contributed by atoms with Crippen LogP contribution in [0.25, 0.3) is 0 Å². The summed E-state index contributed by atoms with van der Waals surface area (Å²) in [6.45, 7) is 6.35. The third kappa shape index (κ3) is 4.68. The van der Waals surface area contributed by atoms with E-state index in [1.165, 1.54) is 4.41 Å². The molecule has 1 fully saturated rings. The summed E-state index contributed by atoms with van der Waals surface area (Å²) in [5.41, 5.74) is 3.68. The number of benzene rings is 1. The molecule has 134 valence electrons. The zero-order valence-electron chi connectivity index (χ0n) is 13.2. The zero-order valence-corrected chi connectivity index (χ0v) is 17.1. The third-order valence-electron chi connectivity index (χ3n) is 3.23. The Kier molecular flexibility index (Phi) is 6.67. The number of rotatable bonds is 5. The van der Waals surface area contributed by atoms with Crippen molar-refractivity contribution < 1.29 is 9.53 Å². The highest BCUT2D eigenvalue weighted by molar-refractivity contribution is 8.03. The Morgan fingerprint density at radius 1 is 1.38 bits per heavy atom. The molecule has 0 spiro atoms. The van der Waals surface area contributed by atoms with Crippen LogP contribution in [0.2, 0.25) is 5.02 Å². The molecule has 0 bridgehead atoms. The Balaban J connectivity index is 2.32. The number of urea groups is 1. The molecule has 2 amide bonds. The molecule has 1 atom stereocenters. The fraction of sp³-hybridized carbons (Fsp3) is 0.500. The van der Waals surface area contributed by atoms with Crippen LogP contribution in [0.4, 0.5) is 10.5 Å². The van der Waals surface area contributed by atoms with Crippen molar-refractivity contribution in [1.82, 2.24) is 9.84 Å². The molecule has 24 heavy (non-hydrogen) atoms. The summed E-state index contributed by atoms with van der Waals surface area (Å²) >= 11 is 24.4. The Labute approximate surface area is 165 Å². The molecule has 1 unspecified atom stereocenters. The molecule has 1 heterocycles. The third-order valence-corrected chi connectivity index (χ3v) is 4.79. The van der Waals surface area contributed by atoms with Crippen LogP contribution in [-0.4, -0.2) is 26.3 Å². The molecule has 1 N–H and O–H groups in total. The first-order chi connectivity index (χ1) is 11.1. The quantitative estimate of drug-likeness (QED) is 0.496. The minimum Gasteiger partial charge on any atom is -0.492 e. The number of hydrogen-bond acceptors (Lipinski definition) is 4. The smallest absolute Gasteiger partial charge is 0.350 e. The van der Waals surface area contributed by atoms with Gasteiger partial charge in [0.05, 0.1) is 11.6 Å². The van der Waals surface area contributed by atoms with E-state index in [0.717, 1.165) is 11.9 Å². The second-order valence-electron chi connectivity index (χ2n) is 5.35. The van der Waals surface area contributed by atoms with Crippen molar-refractivity contribution in [2.45, 2.75) is 30.1 Å². The first-order valence-electron chi connectivity index (χ1n) is 7.21. The van der Waals surface area contributed by atoms with E-state index in [4.69, 9.17) is 51.1 Å². The molecule has 10 heteroatoms. The monoisotopic (exact) mass is 431 g/mol. The van der Waals surface area contributed by atoms with Crippen LogP contribution in [0, 0.1) is 5.92 Å². The lowest BCUT2D eigenvalue weighted by atomic mass is 10.1. The Morgan fingerprint density at radius 2 is 2.04 bits per heavy atom. The van der Waals surface area contributed by atoms with E-state index in [2.05, 4.69) is 5.43 Å². The van der Waals surface area contributed by atoms with Gasteiger partial charge in [-0.2, -0.15) is 9.84 Å². The van der Waals surface area contributed by atoms with Gasteiger partial charge in [0.15, 0.2) is 0 Å². The van der Waals surface area contributed by atoms with Crippen molar-refractivity contribution in [3.05, 3.63) is 23.2 Å². The lowest BCUT2D eigenvalue weighted by molar-refractivity contribution is 0.235. The predicted molar refractivity (Wildman–Crippen MR) is 102 cm³/mol. The van der Waals surface area contributed by atoms with E-state index in [9.17, 15) is 4.79 Å². The van der Waals surface area contributed by atoms with Gasteiger partial charge in [-0.15, -0.1) is 0 Å². The highest BCUT2D eigenvalue weighted by Gasteiger charge is 2.43. The van der Waals surface area contributed by atoms with E-state index < -0.39 is 3.12 Å². The van der Waals surface area contributed by atoms with Gasteiger partial charge in [-0.1, -0.05) is 60.3 Å². The molecule has 1 saturated heterocycles. The molecule has 1 aromatic rings. The average Bonchev–Trinajstić information content (AvgIpc) is 2.77. The van der Waals surface area contributed by atoms with Crippen LogP contribution >= 0.6 is 58.4 Å². The number of nitrogens with zero attached hydrogens (tertiary/aromatic N) is 2. The number of nitrogens with one attached hydrogen (secondary N) is 1. The van der Waals surface area contributed by atoms with Crippen molar-refractivity contribution in [2.75, 3.05) is 11.5 Å². The van der Waals surface area contributed by atoms with Gasteiger partial charge in [-0.05, 0) is 31.0 Å². The van der Waals surface area contributed by atoms with Crippen LogP contribution < -0.4 is 15.1 Å².